The molecule has 1 saturated heterocycles. The molecule has 1 aliphatic heterocycles. The first kappa shape index (κ1) is 20.0. The van der Waals surface area contributed by atoms with Crippen molar-refractivity contribution in [2.24, 2.45) is 5.92 Å². The summed E-state index contributed by atoms with van der Waals surface area (Å²) in [4.78, 5) is 18.9. The van der Waals surface area contributed by atoms with E-state index >= 15 is 0 Å². The molecule has 29 heavy (non-hydrogen) atoms. The molecule has 0 radical (unpaired) electrons. The van der Waals surface area contributed by atoms with Crippen LogP contribution in [-0.2, 0) is 15.7 Å². The monoisotopic (exact) mass is 424 g/mol. The van der Waals surface area contributed by atoms with Crippen LogP contribution in [0.3, 0.4) is 0 Å². The van der Waals surface area contributed by atoms with Crippen molar-refractivity contribution in [1.82, 2.24) is 4.98 Å². The first-order chi connectivity index (χ1) is 13.8. The maximum Gasteiger partial charge on any atom is 0.416 e. The largest absolute Gasteiger partial charge is 0.462 e. The van der Waals surface area contributed by atoms with E-state index in [2.05, 4.69) is 9.88 Å². The number of aromatic nitrogens is 1. The lowest BCUT2D eigenvalue weighted by atomic mass is 10.0. The average molecular weight is 425 g/mol. The fraction of sp³-hybridized carbons (Fsp3) is 0.429. The molecule has 1 aromatic carbocycles. The van der Waals surface area contributed by atoms with Crippen molar-refractivity contribution in [2.45, 2.75) is 37.5 Å². The van der Waals surface area contributed by atoms with Gasteiger partial charge in [-0.2, -0.15) is 13.2 Å². The average Bonchev–Trinajstić information content (AvgIpc) is 3.50. The van der Waals surface area contributed by atoms with Crippen molar-refractivity contribution in [3.63, 3.8) is 0 Å². The van der Waals surface area contributed by atoms with Gasteiger partial charge < -0.3 is 9.64 Å². The van der Waals surface area contributed by atoms with E-state index in [-0.39, 0.29) is 11.7 Å². The summed E-state index contributed by atoms with van der Waals surface area (Å²) in [6.07, 6.45) is -1.32. The maximum atomic E-state index is 13.2. The fourth-order valence-electron chi connectivity index (χ4n) is 3.89. The van der Waals surface area contributed by atoms with Gasteiger partial charge in [-0.25, -0.2) is 4.98 Å². The van der Waals surface area contributed by atoms with E-state index in [4.69, 9.17) is 16.3 Å². The minimum atomic E-state index is -4.42. The molecule has 2 aromatic rings. The van der Waals surface area contributed by atoms with Crippen LogP contribution in [0.15, 0.2) is 42.6 Å². The third kappa shape index (κ3) is 4.50. The lowest BCUT2D eigenvalue weighted by Gasteiger charge is -2.32. The van der Waals surface area contributed by atoms with E-state index in [0.717, 1.165) is 11.9 Å². The number of pyridine rings is 1. The highest BCUT2D eigenvalue weighted by Gasteiger charge is 2.49. The first-order valence-corrected chi connectivity index (χ1v) is 9.94. The molecule has 0 unspecified atom stereocenters. The van der Waals surface area contributed by atoms with Crippen molar-refractivity contribution in [3.8, 4) is 0 Å². The molecule has 154 valence electrons. The van der Waals surface area contributed by atoms with Crippen LogP contribution in [0.2, 0.25) is 5.02 Å². The zero-order valence-electron chi connectivity index (χ0n) is 15.5. The Hall–Kier alpha value is -2.28. The number of carbonyl (C=O) groups is 1. The van der Waals surface area contributed by atoms with Crippen LogP contribution >= 0.6 is 11.6 Å². The number of carbonyl (C=O) groups excluding carboxylic acids is 1. The lowest BCUT2D eigenvalue weighted by Crippen LogP contribution is -2.38. The Labute approximate surface area is 171 Å². The van der Waals surface area contributed by atoms with Crippen molar-refractivity contribution < 1.29 is 22.7 Å². The molecule has 0 bridgehead atoms. The van der Waals surface area contributed by atoms with Crippen LogP contribution < -0.4 is 4.90 Å². The van der Waals surface area contributed by atoms with Gasteiger partial charge in [0.15, 0.2) is 0 Å². The van der Waals surface area contributed by atoms with E-state index in [1.807, 2.05) is 6.07 Å². The van der Waals surface area contributed by atoms with Gasteiger partial charge in [0.1, 0.15) is 11.9 Å². The molecule has 2 atom stereocenters. The van der Waals surface area contributed by atoms with Crippen molar-refractivity contribution in [2.75, 3.05) is 18.0 Å². The van der Waals surface area contributed by atoms with Crippen LogP contribution in [0.1, 0.15) is 36.3 Å². The van der Waals surface area contributed by atoms with Crippen molar-refractivity contribution in [3.05, 3.63) is 58.7 Å². The second-order valence-corrected chi connectivity index (χ2v) is 7.93. The molecule has 2 aliphatic rings. The summed E-state index contributed by atoms with van der Waals surface area (Å²) in [6.45, 7) is 1.38. The Morgan fingerprint density at radius 1 is 1.14 bits per heavy atom. The van der Waals surface area contributed by atoms with E-state index in [1.165, 1.54) is 12.1 Å². The number of ether oxygens (including phenoxy) is 1. The predicted molar refractivity (Wildman–Crippen MR) is 103 cm³/mol. The Balaban J connectivity index is 1.31. The molecule has 8 heteroatoms. The van der Waals surface area contributed by atoms with Crippen LogP contribution in [0, 0.1) is 5.92 Å². The first-order valence-electron chi connectivity index (χ1n) is 9.56. The summed E-state index contributed by atoms with van der Waals surface area (Å²) in [6, 6.07) is 9.09. The van der Waals surface area contributed by atoms with Gasteiger partial charge in [0, 0.05) is 32.1 Å². The second-order valence-electron chi connectivity index (χ2n) is 7.49. The van der Waals surface area contributed by atoms with Gasteiger partial charge in [-0.15, -0.1) is 0 Å². The summed E-state index contributed by atoms with van der Waals surface area (Å²) < 4.78 is 45.2. The highest BCUT2D eigenvalue weighted by atomic mass is 35.5. The number of esters is 1. The van der Waals surface area contributed by atoms with Gasteiger partial charge in [-0.05, 0) is 36.1 Å². The molecule has 1 saturated carbocycles. The number of halogens is 4. The van der Waals surface area contributed by atoms with Gasteiger partial charge in [0.05, 0.1) is 16.5 Å². The van der Waals surface area contributed by atoms with Crippen LogP contribution in [0.4, 0.5) is 19.0 Å². The number of piperidine rings is 1. The Morgan fingerprint density at radius 3 is 2.52 bits per heavy atom. The van der Waals surface area contributed by atoms with Gasteiger partial charge in [0.25, 0.3) is 0 Å². The zero-order valence-corrected chi connectivity index (χ0v) is 16.3. The SMILES string of the molecule is O=C(OC1CCN(c2ccc(Cl)cn2)CC1)[C@@H]1C[C@@H]1c1ccccc1C(F)(F)F. The Morgan fingerprint density at radius 2 is 1.86 bits per heavy atom. The topological polar surface area (TPSA) is 42.4 Å². The molecule has 2 fully saturated rings. The van der Waals surface area contributed by atoms with Crippen LogP contribution in [-0.4, -0.2) is 30.1 Å². The standard InChI is InChI=1S/C21H20ClF3N2O2/c22-13-5-6-19(26-12-13)27-9-7-14(8-10-27)29-20(28)17-11-16(17)15-3-1-2-4-18(15)21(23,24)25/h1-6,12,14,16-17H,7-11H2/t16-,17-/m1/s1. The van der Waals surface area contributed by atoms with E-state index in [1.54, 1.807) is 18.3 Å². The quantitative estimate of drug-likeness (QED) is 0.643. The Bertz CT molecular complexity index is 880. The van der Waals surface area contributed by atoms with E-state index in [9.17, 15) is 18.0 Å². The van der Waals surface area contributed by atoms with Gasteiger partial charge in [-0.3, -0.25) is 4.79 Å². The number of benzene rings is 1. The van der Waals surface area contributed by atoms with Crippen molar-refractivity contribution in [1.29, 1.82) is 0 Å². The number of nitrogens with zero attached hydrogens (tertiary/aromatic N) is 2. The number of rotatable bonds is 4. The number of hydrogen-bond donors (Lipinski definition) is 0. The summed E-state index contributed by atoms with van der Waals surface area (Å²) in [5.41, 5.74) is -0.477. The number of hydrogen-bond acceptors (Lipinski definition) is 4. The smallest absolute Gasteiger partial charge is 0.416 e. The summed E-state index contributed by atoms with van der Waals surface area (Å²) >= 11 is 5.86. The second kappa shape index (κ2) is 7.86. The molecular weight excluding hydrogens is 405 g/mol. The molecular formula is C21H20ClF3N2O2. The van der Waals surface area contributed by atoms with Crippen LogP contribution in [0.5, 0.6) is 0 Å². The maximum absolute atomic E-state index is 13.2. The molecule has 0 spiro atoms. The number of alkyl halides is 3. The molecule has 1 aromatic heterocycles. The summed E-state index contributed by atoms with van der Waals surface area (Å²) in [5, 5.41) is 0.573. The minimum absolute atomic E-state index is 0.186. The van der Waals surface area contributed by atoms with Gasteiger partial charge in [-0.1, -0.05) is 29.8 Å². The van der Waals surface area contributed by atoms with E-state index < -0.39 is 29.5 Å². The third-order valence-corrected chi connectivity index (χ3v) is 5.74. The molecule has 0 amide bonds. The molecule has 4 rings (SSSR count). The van der Waals surface area contributed by atoms with E-state index in [0.29, 0.717) is 37.4 Å². The van der Waals surface area contributed by atoms with Crippen LogP contribution in [0.25, 0.3) is 0 Å². The summed E-state index contributed by atoms with van der Waals surface area (Å²) in [7, 11) is 0. The number of anilines is 1. The molecule has 4 nitrogen and oxygen atoms in total. The molecule has 2 heterocycles. The minimum Gasteiger partial charge on any atom is -0.462 e. The van der Waals surface area contributed by atoms with Gasteiger partial charge in [0.2, 0.25) is 0 Å². The molecule has 0 N–H and O–H groups in total. The summed E-state index contributed by atoms with van der Waals surface area (Å²) in [5.74, 6) is -0.478. The molecule has 1 aliphatic carbocycles. The zero-order chi connectivity index (χ0) is 20.6. The fourth-order valence-corrected chi connectivity index (χ4v) is 4.00. The van der Waals surface area contributed by atoms with Gasteiger partial charge >= 0.3 is 12.1 Å². The lowest BCUT2D eigenvalue weighted by molar-refractivity contribution is -0.152. The highest BCUT2D eigenvalue weighted by molar-refractivity contribution is 6.30. The van der Waals surface area contributed by atoms with Crippen molar-refractivity contribution >= 4 is 23.4 Å². The third-order valence-electron chi connectivity index (χ3n) is 5.52. The highest BCUT2D eigenvalue weighted by Crippen LogP contribution is 2.51. The Kier molecular flexibility index (Phi) is 5.42. The normalized spacial score (nSPS) is 22.4. The predicted octanol–water partition coefficient (Wildman–Crippen LogP) is 5.07.